The number of likely N-dealkylation sites (tertiary alicyclic amines) is 1. The third-order valence-corrected chi connectivity index (χ3v) is 8.27. The van der Waals surface area contributed by atoms with Gasteiger partial charge in [0.1, 0.15) is 18.1 Å². The molecular formula is C32H35ClN2O5. The number of ether oxygens (including phenoxy) is 3. The number of benzene rings is 2. The molecule has 210 valence electrons. The largest absolute Gasteiger partial charge is 0.487 e. The fourth-order valence-electron chi connectivity index (χ4n) is 5.72. The molecule has 3 aromatic rings. The third-order valence-electron chi connectivity index (χ3n) is 8.01. The lowest BCUT2D eigenvalue weighted by molar-refractivity contribution is -0.142. The number of aliphatic hydroxyl groups is 1. The molecule has 0 spiro atoms. The van der Waals surface area contributed by atoms with Crippen LogP contribution in [0.15, 0.2) is 66.9 Å². The predicted molar refractivity (Wildman–Crippen MR) is 154 cm³/mol. The Morgan fingerprint density at radius 1 is 1.18 bits per heavy atom. The van der Waals surface area contributed by atoms with Gasteiger partial charge in [-0.05, 0) is 60.4 Å². The summed E-state index contributed by atoms with van der Waals surface area (Å²) in [6, 6.07) is 17.1. The van der Waals surface area contributed by atoms with Gasteiger partial charge in [-0.25, -0.2) is 4.79 Å². The van der Waals surface area contributed by atoms with Crippen molar-refractivity contribution in [1.29, 1.82) is 0 Å². The van der Waals surface area contributed by atoms with E-state index in [1.54, 1.807) is 12.3 Å². The maximum Gasteiger partial charge on any atom is 0.343 e. The minimum absolute atomic E-state index is 0.166. The Labute approximate surface area is 240 Å². The average Bonchev–Trinajstić information content (AvgIpc) is 3.10. The van der Waals surface area contributed by atoms with E-state index < -0.39 is 11.6 Å². The molecule has 40 heavy (non-hydrogen) atoms. The van der Waals surface area contributed by atoms with Crippen molar-refractivity contribution in [2.45, 2.75) is 38.9 Å². The van der Waals surface area contributed by atoms with Crippen molar-refractivity contribution in [2.24, 2.45) is 5.41 Å². The summed E-state index contributed by atoms with van der Waals surface area (Å²) >= 11 is 6.10. The molecule has 1 aromatic heterocycles. The number of pyridine rings is 1. The quantitative estimate of drug-likeness (QED) is 0.374. The lowest BCUT2D eigenvalue weighted by Crippen LogP contribution is -2.55. The van der Waals surface area contributed by atoms with Crippen LogP contribution in [0.4, 0.5) is 0 Å². The van der Waals surface area contributed by atoms with Crippen molar-refractivity contribution in [1.82, 2.24) is 9.88 Å². The normalized spacial score (nSPS) is 21.1. The number of nitrogens with zero attached hydrogens (tertiary/aromatic N) is 2. The van der Waals surface area contributed by atoms with Crippen LogP contribution < -0.4 is 9.47 Å². The molecule has 3 heterocycles. The number of halogens is 1. The maximum atomic E-state index is 11.7. The lowest BCUT2D eigenvalue weighted by atomic mass is 9.66. The Hall–Kier alpha value is -3.39. The van der Waals surface area contributed by atoms with Gasteiger partial charge in [0.25, 0.3) is 0 Å². The smallest absolute Gasteiger partial charge is 0.343 e. The highest BCUT2D eigenvalue weighted by Gasteiger charge is 2.48. The van der Waals surface area contributed by atoms with Crippen molar-refractivity contribution in [3.05, 3.63) is 94.3 Å². The Kier molecular flexibility index (Phi) is 8.17. The van der Waals surface area contributed by atoms with Crippen LogP contribution in [-0.4, -0.2) is 54.3 Å². The molecule has 7 nitrogen and oxygen atoms in total. The SMILES string of the molecule is COC(=O)COc1ccc2c(c1)C(=CCCN1CCC(O)(c3ccc(Cl)cc3)C(C)(C)C1)c1cccnc1CO2. The number of aromatic nitrogens is 1. The van der Waals surface area contributed by atoms with Gasteiger partial charge in [0.15, 0.2) is 6.61 Å². The number of carbonyl (C=O) groups is 1. The zero-order chi connectivity index (χ0) is 28.3. The molecule has 8 heteroatoms. The van der Waals surface area contributed by atoms with Crippen LogP contribution in [0.1, 0.15) is 49.1 Å². The molecule has 0 saturated carbocycles. The lowest BCUT2D eigenvalue weighted by Gasteiger charge is -2.50. The molecule has 2 aromatic carbocycles. The first-order valence-corrected chi connectivity index (χ1v) is 13.9. The second-order valence-corrected chi connectivity index (χ2v) is 11.4. The van der Waals surface area contributed by atoms with Crippen molar-refractivity contribution < 1.29 is 24.1 Å². The molecule has 0 aliphatic carbocycles. The Morgan fingerprint density at radius 2 is 1.98 bits per heavy atom. The molecule has 0 bridgehead atoms. The molecule has 1 saturated heterocycles. The third kappa shape index (κ3) is 5.73. The highest BCUT2D eigenvalue weighted by atomic mass is 35.5. The summed E-state index contributed by atoms with van der Waals surface area (Å²) in [4.78, 5) is 18.6. The van der Waals surface area contributed by atoms with Gasteiger partial charge in [0.2, 0.25) is 0 Å². The van der Waals surface area contributed by atoms with Crippen LogP contribution in [0.3, 0.4) is 0 Å². The molecular weight excluding hydrogens is 528 g/mol. The monoisotopic (exact) mass is 562 g/mol. The summed E-state index contributed by atoms with van der Waals surface area (Å²) in [7, 11) is 1.34. The van der Waals surface area contributed by atoms with E-state index in [4.69, 9.17) is 25.8 Å². The first-order chi connectivity index (χ1) is 19.2. The molecule has 5 rings (SSSR count). The number of methoxy groups -OCH3 is 1. The Bertz CT molecular complexity index is 1400. The van der Waals surface area contributed by atoms with E-state index in [9.17, 15) is 9.90 Å². The number of rotatable bonds is 7. The molecule has 0 radical (unpaired) electrons. The highest BCUT2D eigenvalue weighted by Crippen LogP contribution is 2.46. The van der Waals surface area contributed by atoms with Gasteiger partial charge in [0.05, 0.1) is 18.4 Å². The predicted octanol–water partition coefficient (Wildman–Crippen LogP) is 5.62. The van der Waals surface area contributed by atoms with Crippen LogP contribution in [0.2, 0.25) is 5.02 Å². The summed E-state index contributed by atoms with van der Waals surface area (Å²) in [6.07, 6.45) is 5.44. The first kappa shape index (κ1) is 28.1. The van der Waals surface area contributed by atoms with E-state index in [1.165, 1.54) is 7.11 Å². The van der Waals surface area contributed by atoms with Gasteiger partial charge in [-0.1, -0.05) is 49.7 Å². The molecule has 2 aliphatic rings. The number of fused-ring (bicyclic) bond motifs is 2. The Balaban J connectivity index is 1.36. The number of hydrogen-bond acceptors (Lipinski definition) is 7. The van der Waals surface area contributed by atoms with E-state index in [-0.39, 0.29) is 12.0 Å². The topological polar surface area (TPSA) is 81.1 Å². The second kappa shape index (κ2) is 11.6. The van der Waals surface area contributed by atoms with E-state index in [1.807, 2.05) is 42.5 Å². The summed E-state index contributed by atoms with van der Waals surface area (Å²) in [6.45, 7) is 6.85. The van der Waals surface area contributed by atoms with Crippen LogP contribution in [0.5, 0.6) is 11.5 Å². The van der Waals surface area contributed by atoms with E-state index in [0.717, 1.165) is 59.8 Å². The second-order valence-electron chi connectivity index (χ2n) is 11.0. The van der Waals surface area contributed by atoms with E-state index in [2.05, 4.69) is 35.9 Å². The number of esters is 1. The molecule has 1 atom stereocenters. The van der Waals surface area contributed by atoms with Gasteiger partial charge in [0, 0.05) is 47.4 Å². The minimum atomic E-state index is -0.921. The number of hydrogen-bond donors (Lipinski definition) is 1. The van der Waals surface area contributed by atoms with Crippen LogP contribution in [0.25, 0.3) is 5.57 Å². The van der Waals surface area contributed by atoms with Gasteiger partial charge in [-0.15, -0.1) is 0 Å². The molecule has 1 N–H and O–H groups in total. The fourth-order valence-corrected chi connectivity index (χ4v) is 5.84. The van der Waals surface area contributed by atoms with Gasteiger partial charge in [-0.2, -0.15) is 0 Å². The average molecular weight is 563 g/mol. The van der Waals surface area contributed by atoms with Crippen molar-refractivity contribution in [3.63, 3.8) is 0 Å². The molecule has 2 aliphatic heterocycles. The molecule has 1 unspecified atom stereocenters. The maximum absolute atomic E-state index is 11.7. The van der Waals surface area contributed by atoms with E-state index >= 15 is 0 Å². The fraction of sp³-hybridized carbons (Fsp3) is 0.375. The summed E-state index contributed by atoms with van der Waals surface area (Å²) in [5.41, 5.74) is 3.44. The first-order valence-electron chi connectivity index (χ1n) is 13.5. The van der Waals surface area contributed by atoms with Gasteiger partial charge >= 0.3 is 5.97 Å². The summed E-state index contributed by atoms with van der Waals surface area (Å²) in [5, 5.41) is 12.4. The summed E-state index contributed by atoms with van der Waals surface area (Å²) < 4.78 is 16.5. The minimum Gasteiger partial charge on any atom is -0.487 e. The molecule has 1 fully saturated rings. The number of carbonyl (C=O) groups excluding carboxylic acids is 1. The van der Waals surface area contributed by atoms with Crippen molar-refractivity contribution in [2.75, 3.05) is 33.4 Å². The van der Waals surface area contributed by atoms with Crippen LogP contribution in [0, 0.1) is 5.41 Å². The van der Waals surface area contributed by atoms with Crippen molar-refractivity contribution in [3.8, 4) is 11.5 Å². The standard InChI is InChI=1S/C32H35ClN2O5/c1-31(2)21-35(17-14-32(31,37)22-8-10-23(33)11-9-22)16-5-7-25-26-6-4-15-34-28(26)19-40-29-13-12-24(18-27(25)29)39-20-30(36)38-3/h4,6-13,15,18,37H,5,14,16-17,19-21H2,1-3H3. The van der Waals surface area contributed by atoms with E-state index in [0.29, 0.717) is 23.8 Å². The van der Waals surface area contributed by atoms with Gasteiger partial charge < -0.3 is 24.2 Å². The number of piperidine rings is 1. The Morgan fingerprint density at radius 3 is 2.73 bits per heavy atom. The zero-order valence-electron chi connectivity index (χ0n) is 23.2. The van der Waals surface area contributed by atoms with Crippen molar-refractivity contribution >= 4 is 23.1 Å². The zero-order valence-corrected chi connectivity index (χ0v) is 23.9. The summed E-state index contributed by atoms with van der Waals surface area (Å²) in [5.74, 6) is 0.857. The van der Waals surface area contributed by atoms with Crippen LogP contribution in [-0.2, 0) is 21.7 Å². The van der Waals surface area contributed by atoms with Gasteiger partial charge in [-0.3, -0.25) is 4.98 Å². The highest BCUT2D eigenvalue weighted by molar-refractivity contribution is 6.30. The molecule has 0 amide bonds. The van der Waals surface area contributed by atoms with Crippen LogP contribution >= 0.6 is 11.6 Å².